The van der Waals surface area contributed by atoms with Crippen LogP contribution in [0, 0.1) is 13.8 Å². The molecular weight excluding hydrogens is 236 g/mol. The zero-order valence-electron chi connectivity index (χ0n) is 11.5. The van der Waals surface area contributed by atoms with E-state index in [4.69, 9.17) is 0 Å². The first-order chi connectivity index (χ1) is 9.08. The van der Waals surface area contributed by atoms with Gasteiger partial charge in [-0.1, -0.05) is 23.8 Å². The van der Waals surface area contributed by atoms with E-state index in [2.05, 4.69) is 42.3 Å². The van der Waals surface area contributed by atoms with Crippen LogP contribution in [0.15, 0.2) is 42.7 Å². The SMILES string of the molecule is Cc1ccc(C)c([C@H](C)NC(=O)c2ccncc2)c1. The van der Waals surface area contributed by atoms with E-state index in [1.54, 1.807) is 24.5 Å². The Labute approximate surface area is 113 Å². The van der Waals surface area contributed by atoms with Gasteiger partial charge in [-0.05, 0) is 44.0 Å². The fourth-order valence-corrected chi connectivity index (χ4v) is 2.09. The summed E-state index contributed by atoms with van der Waals surface area (Å²) in [7, 11) is 0. The maximum absolute atomic E-state index is 12.1. The van der Waals surface area contributed by atoms with Gasteiger partial charge in [-0.3, -0.25) is 9.78 Å². The van der Waals surface area contributed by atoms with E-state index in [1.165, 1.54) is 11.1 Å². The third-order valence-electron chi connectivity index (χ3n) is 3.19. The van der Waals surface area contributed by atoms with Crippen molar-refractivity contribution in [3.8, 4) is 0 Å². The molecule has 1 heterocycles. The molecule has 2 aromatic rings. The van der Waals surface area contributed by atoms with Crippen molar-refractivity contribution in [3.63, 3.8) is 0 Å². The first-order valence-corrected chi connectivity index (χ1v) is 6.36. The molecule has 1 aromatic heterocycles. The van der Waals surface area contributed by atoms with Gasteiger partial charge in [0.1, 0.15) is 0 Å². The van der Waals surface area contributed by atoms with Gasteiger partial charge < -0.3 is 5.32 Å². The molecule has 0 spiro atoms. The summed E-state index contributed by atoms with van der Waals surface area (Å²) in [6, 6.07) is 9.69. The molecule has 3 heteroatoms. The fraction of sp³-hybridized carbons (Fsp3) is 0.250. The molecule has 0 aliphatic heterocycles. The highest BCUT2D eigenvalue weighted by Gasteiger charge is 2.13. The minimum absolute atomic E-state index is 0.0134. The number of nitrogens with zero attached hydrogens (tertiary/aromatic N) is 1. The summed E-state index contributed by atoms with van der Waals surface area (Å²) in [4.78, 5) is 16.0. The van der Waals surface area contributed by atoms with Crippen LogP contribution in [0.2, 0.25) is 0 Å². The molecule has 19 heavy (non-hydrogen) atoms. The van der Waals surface area contributed by atoms with Gasteiger partial charge >= 0.3 is 0 Å². The summed E-state index contributed by atoms with van der Waals surface area (Å²) >= 11 is 0. The number of hydrogen-bond acceptors (Lipinski definition) is 2. The van der Waals surface area contributed by atoms with Crippen LogP contribution in [0.3, 0.4) is 0 Å². The van der Waals surface area contributed by atoms with E-state index in [-0.39, 0.29) is 11.9 Å². The monoisotopic (exact) mass is 254 g/mol. The van der Waals surface area contributed by atoms with E-state index >= 15 is 0 Å². The Balaban J connectivity index is 2.15. The highest BCUT2D eigenvalue weighted by molar-refractivity contribution is 5.94. The van der Waals surface area contributed by atoms with Gasteiger partial charge in [-0.2, -0.15) is 0 Å². The van der Waals surface area contributed by atoms with Gasteiger partial charge in [0.25, 0.3) is 5.91 Å². The molecule has 1 atom stereocenters. The smallest absolute Gasteiger partial charge is 0.251 e. The standard InChI is InChI=1S/C16H18N2O/c1-11-4-5-12(2)15(10-11)13(3)18-16(19)14-6-8-17-9-7-14/h4-10,13H,1-3H3,(H,18,19)/t13-/m0/s1. The van der Waals surface area contributed by atoms with Crippen LogP contribution in [0.1, 0.15) is 40.0 Å². The maximum Gasteiger partial charge on any atom is 0.251 e. The maximum atomic E-state index is 12.1. The van der Waals surface area contributed by atoms with E-state index in [9.17, 15) is 4.79 Å². The van der Waals surface area contributed by atoms with Crippen molar-refractivity contribution in [3.05, 3.63) is 65.0 Å². The number of aromatic nitrogens is 1. The second-order valence-corrected chi connectivity index (χ2v) is 4.79. The summed E-state index contributed by atoms with van der Waals surface area (Å²) in [5.74, 6) is -0.0733. The summed E-state index contributed by atoms with van der Waals surface area (Å²) in [6.07, 6.45) is 3.25. The second-order valence-electron chi connectivity index (χ2n) is 4.79. The molecule has 0 bridgehead atoms. The topological polar surface area (TPSA) is 42.0 Å². The van der Waals surface area contributed by atoms with Crippen molar-refractivity contribution < 1.29 is 4.79 Å². The lowest BCUT2D eigenvalue weighted by Crippen LogP contribution is -2.27. The number of rotatable bonds is 3. The average Bonchev–Trinajstić information content (AvgIpc) is 2.42. The average molecular weight is 254 g/mol. The van der Waals surface area contributed by atoms with E-state index in [0.717, 1.165) is 5.56 Å². The lowest BCUT2D eigenvalue weighted by atomic mass is 10.00. The lowest BCUT2D eigenvalue weighted by Gasteiger charge is -2.17. The Bertz CT molecular complexity index is 579. The molecule has 3 nitrogen and oxygen atoms in total. The first-order valence-electron chi connectivity index (χ1n) is 6.36. The largest absolute Gasteiger partial charge is 0.346 e. The Hall–Kier alpha value is -2.16. The van der Waals surface area contributed by atoms with Crippen LogP contribution < -0.4 is 5.32 Å². The first kappa shape index (κ1) is 13.3. The van der Waals surface area contributed by atoms with Crippen molar-refractivity contribution in [2.45, 2.75) is 26.8 Å². The fourth-order valence-electron chi connectivity index (χ4n) is 2.09. The lowest BCUT2D eigenvalue weighted by molar-refractivity contribution is 0.0939. The van der Waals surface area contributed by atoms with Crippen LogP contribution in [0.4, 0.5) is 0 Å². The minimum atomic E-state index is -0.0733. The molecule has 0 saturated heterocycles. The van der Waals surface area contributed by atoms with Gasteiger partial charge in [0, 0.05) is 18.0 Å². The number of hydrogen-bond donors (Lipinski definition) is 1. The molecule has 1 aromatic carbocycles. The second kappa shape index (κ2) is 5.65. The predicted octanol–water partition coefficient (Wildman–Crippen LogP) is 3.19. The number of carbonyl (C=O) groups is 1. The molecule has 2 rings (SSSR count). The Morgan fingerprint density at radius 2 is 1.84 bits per heavy atom. The molecule has 1 N–H and O–H groups in total. The summed E-state index contributed by atoms with van der Waals surface area (Å²) in [5, 5.41) is 3.01. The number of pyridine rings is 1. The molecule has 0 aliphatic rings. The number of amides is 1. The number of carbonyl (C=O) groups excluding carboxylic acids is 1. The van der Waals surface area contributed by atoms with Gasteiger partial charge in [0.2, 0.25) is 0 Å². The third kappa shape index (κ3) is 3.19. The molecule has 1 amide bonds. The van der Waals surface area contributed by atoms with Crippen molar-refractivity contribution >= 4 is 5.91 Å². The molecule has 0 radical (unpaired) electrons. The van der Waals surface area contributed by atoms with E-state index in [1.807, 2.05) is 6.92 Å². The van der Waals surface area contributed by atoms with Gasteiger partial charge in [0.15, 0.2) is 0 Å². The van der Waals surface area contributed by atoms with Gasteiger partial charge in [0.05, 0.1) is 6.04 Å². The minimum Gasteiger partial charge on any atom is -0.346 e. The van der Waals surface area contributed by atoms with Crippen molar-refractivity contribution in [1.29, 1.82) is 0 Å². The molecule has 0 saturated carbocycles. The highest BCUT2D eigenvalue weighted by Crippen LogP contribution is 2.19. The van der Waals surface area contributed by atoms with Crippen molar-refractivity contribution in [2.24, 2.45) is 0 Å². The molecule has 98 valence electrons. The van der Waals surface area contributed by atoms with E-state index in [0.29, 0.717) is 5.56 Å². The van der Waals surface area contributed by atoms with Gasteiger partial charge in [-0.15, -0.1) is 0 Å². The summed E-state index contributed by atoms with van der Waals surface area (Å²) < 4.78 is 0. The zero-order chi connectivity index (χ0) is 13.8. The van der Waals surface area contributed by atoms with Crippen LogP contribution >= 0.6 is 0 Å². The normalized spacial score (nSPS) is 11.9. The van der Waals surface area contributed by atoms with Crippen molar-refractivity contribution in [2.75, 3.05) is 0 Å². The number of aryl methyl sites for hydroxylation is 2. The molecule has 0 fully saturated rings. The molecule has 0 aliphatic carbocycles. The third-order valence-corrected chi connectivity index (χ3v) is 3.19. The van der Waals surface area contributed by atoms with Crippen LogP contribution in [-0.4, -0.2) is 10.9 Å². The number of nitrogens with one attached hydrogen (secondary N) is 1. The predicted molar refractivity (Wildman–Crippen MR) is 76.0 cm³/mol. The van der Waals surface area contributed by atoms with E-state index < -0.39 is 0 Å². The quantitative estimate of drug-likeness (QED) is 0.914. The number of benzene rings is 1. The summed E-state index contributed by atoms with van der Waals surface area (Å²) in [5.41, 5.74) is 4.17. The Kier molecular flexibility index (Phi) is 3.95. The highest BCUT2D eigenvalue weighted by atomic mass is 16.1. The van der Waals surface area contributed by atoms with Crippen LogP contribution in [-0.2, 0) is 0 Å². The van der Waals surface area contributed by atoms with Crippen molar-refractivity contribution in [1.82, 2.24) is 10.3 Å². The van der Waals surface area contributed by atoms with Gasteiger partial charge in [-0.25, -0.2) is 0 Å². The summed E-state index contributed by atoms with van der Waals surface area (Å²) in [6.45, 7) is 6.12. The Morgan fingerprint density at radius 1 is 1.16 bits per heavy atom. The zero-order valence-corrected chi connectivity index (χ0v) is 11.5. The molecular formula is C16H18N2O. The Morgan fingerprint density at radius 3 is 2.53 bits per heavy atom. The van der Waals surface area contributed by atoms with Crippen LogP contribution in [0.5, 0.6) is 0 Å². The van der Waals surface area contributed by atoms with Crippen LogP contribution in [0.25, 0.3) is 0 Å². The molecule has 0 unspecified atom stereocenters.